The Morgan fingerprint density at radius 2 is 1.80 bits per heavy atom. The van der Waals surface area contributed by atoms with Crippen LogP contribution >= 0.6 is 11.6 Å². The molecule has 104 valence electrons. The van der Waals surface area contributed by atoms with Crippen molar-refractivity contribution < 1.29 is 13.6 Å². The lowest BCUT2D eigenvalue weighted by Crippen LogP contribution is -2.21. The zero-order chi connectivity index (χ0) is 14.5. The maximum atomic E-state index is 13.1. The fourth-order valence-electron chi connectivity index (χ4n) is 1.61. The highest BCUT2D eigenvalue weighted by atomic mass is 35.5. The molecule has 0 radical (unpaired) electrons. The molecule has 0 fully saturated rings. The number of halogens is 3. The number of anilines is 2. The van der Waals surface area contributed by atoms with Crippen LogP contribution in [-0.2, 0) is 4.79 Å². The van der Waals surface area contributed by atoms with Gasteiger partial charge in [-0.15, -0.1) is 0 Å². The van der Waals surface area contributed by atoms with E-state index in [4.69, 9.17) is 11.6 Å². The van der Waals surface area contributed by atoms with Crippen LogP contribution < -0.4 is 10.6 Å². The van der Waals surface area contributed by atoms with Gasteiger partial charge >= 0.3 is 0 Å². The molecule has 0 spiro atoms. The number of carbonyl (C=O) groups is 1. The van der Waals surface area contributed by atoms with Gasteiger partial charge in [0.15, 0.2) is 0 Å². The molecule has 0 unspecified atom stereocenters. The predicted octanol–water partition coefficient (Wildman–Crippen LogP) is 3.67. The Hall–Kier alpha value is -2.14. The number of benzene rings is 2. The van der Waals surface area contributed by atoms with Gasteiger partial charge < -0.3 is 10.6 Å². The van der Waals surface area contributed by atoms with Crippen molar-refractivity contribution in [1.82, 2.24) is 0 Å². The van der Waals surface area contributed by atoms with E-state index in [0.29, 0.717) is 11.4 Å². The minimum Gasteiger partial charge on any atom is -0.376 e. The predicted molar refractivity (Wildman–Crippen MR) is 74.9 cm³/mol. The lowest BCUT2D eigenvalue weighted by Gasteiger charge is -2.08. The largest absolute Gasteiger partial charge is 0.376 e. The third-order valence-electron chi connectivity index (χ3n) is 2.42. The van der Waals surface area contributed by atoms with E-state index < -0.39 is 11.6 Å². The minimum absolute atomic E-state index is 0.0870. The first-order valence-electron chi connectivity index (χ1n) is 5.78. The van der Waals surface area contributed by atoms with Gasteiger partial charge in [0.1, 0.15) is 11.6 Å². The van der Waals surface area contributed by atoms with Gasteiger partial charge in [0.2, 0.25) is 5.91 Å². The lowest BCUT2D eigenvalue weighted by atomic mass is 10.3. The summed E-state index contributed by atoms with van der Waals surface area (Å²) < 4.78 is 26.0. The summed E-state index contributed by atoms with van der Waals surface area (Å²) >= 11 is 5.69. The van der Waals surface area contributed by atoms with Gasteiger partial charge in [0.25, 0.3) is 0 Å². The molecule has 0 atom stereocenters. The summed E-state index contributed by atoms with van der Waals surface area (Å²) in [5.74, 6) is -1.31. The van der Waals surface area contributed by atoms with E-state index >= 15 is 0 Å². The minimum atomic E-state index is -0.495. The fraction of sp³-hybridized carbons (Fsp3) is 0.0714. The first-order chi connectivity index (χ1) is 9.52. The van der Waals surface area contributed by atoms with Crippen LogP contribution in [0.2, 0.25) is 5.02 Å². The Labute approximate surface area is 119 Å². The van der Waals surface area contributed by atoms with Crippen LogP contribution in [0.1, 0.15) is 0 Å². The third-order valence-corrected chi connectivity index (χ3v) is 2.64. The Morgan fingerprint density at radius 1 is 1.05 bits per heavy atom. The molecule has 0 heterocycles. The molecule has 2 N–H and O–H groups in total. The van der Waals surface area contributed by atoms with Crippen LogP contribution in [0.4, 0.5) is 20.2 Å². The summed E-state index contributed by atoms with van der Waals surface area (Å²) in [5, 5.41) is 5.48. The highest BCUT2D eigenvalue weighted by Gasteiger charge is 2.04. The second-order valence-electron chi connectivity index (χ2n) is 4.07. The standard InChI is InChI=1S/C14H11ClF2N2O/c15-9-4-11(17)7-13(5-9)18-8-14(20)19-12-3-1-2-10(16)6-12/h1-7,18H,8H2,(H,19,20). The highest BCUT2D eigenvalue weighted by molar-refractivity contribution is 6.30. The molecule has 2 rings (SSSR count). The van der Waals surface area contributed by atoms with Crippen molar-refractivity contribution in [2.24, 2.45) is 0 Å². The molecule has 0 saturated heterocycles. The maximum Gasteiger partial charge on any atom is 0.243 e. The summed E-state index contributed by atoms with van der Waals surface area (Å²) in [6, 6.07) is 9.44. The zero-order valence-electron chi connectivity index (χ0n) is 10.3. The molecule has 2 aromatic carbocycles. The van der Waals surface area contributed by atoms with Gasteiger partial charge in [-0.2, -0.15) is 0 Å². The zero-order valence-corrected chi connectivity index (χ0v) is 11.0. The van der Waals surface area contributed by atoms with Gasteiger partial charge in [-0.1, -0.05) is 17.7 Å². The van der Waals surface area contributed by atoms with E-state index in [-0.39, 0.29) is 17.5 Å². The molecule has 0 bridgehead atoms. The molecule has 2 aromatic rings. The van der Waals surface area contributed by atoms with Crippen LogP contribution in [-0.4, -0.2) is 12.5 Å². The van der Waals surface area contributed by atoms with Crippen molar-refractivity contribution in [2.45, 2.75) is 0 Å². The topological polar surface area (TPSA) is 41.1 Å². The van der Waals surface area contributed by atoms with Crippen molar-refractivity contribution in [1.29, 1.82) is 0 Å². The number of hydrogen-bond acceptors (Lipinski definition) is 2. The van der Waals surface area contributed by atoms with Crippen LogP contribution in [0, 0.1) is 11.6 Å². The monoisotopic (exact) mass is 296 g/mol. The number of rotatable bonds is 4. The second-order valence-corrected chi connectivity index (χ2v) is 4.51. The number of amides is 1. The smallest absolute Gasteiger partial charge is 0.243 e. The van der Waals surface area contributed by atoms with E-state index in [2.05, 4.69) is 10.6 Å². The summed E-state index contributed by atoms with van der Waals surface area (Å²) in [5.41, 5.74) is 0.749. The molecule has 0 aromatic heterocycles. The van der Waals surface area contributed by atoms with Crippen LogP contribution in [0.25, 0.3) is 0 Å². The molecule has 0 aliphatic rings. The van der Waals surface area contributed by atoms with Gasteiger partial charge in [0.05, 0.1) is 6.54 Å². The van der Waals surface area contributed by atoms with Crippen LogP contribution in [0.5, 0.6) is 0 Å². The van der Waals surface area contributed by atoms with Crippen molar-refractivity contribution in [3.63, 3.8) is 0 Å². The Morgan fingerprint density at radius 3 is 2.50 bits per heavy atom. The van der Waals surface area contributed by atoms with E-state index in [1.807, 2.05) is 0 Å². The van der Waals surface area contributed by atoms with Crippen molar-refractivity contribution >= 4 is 28.9 Å². The Kier molecular flexibility index (Phi) is 4.53. The number of hydrogen-bond donors (Lipinski definition) is 2. The van der Waals surface area contributed by atoms with Crippen molar-refractivity contribution in [3.8, 4) is 0 Å². The number of carbonyl (C=O) groups excluding carboxylic acids is 1. The Bertz CT molecular complexity index is 614. The van der Waals surface area contributed by atoms with Gasteiger partial charge in [-0.3, -0.25) is 4.79 Å². The quantitative estimate of drug-likeness (QED) is 0.904. The normalized spacial score (nSPS) is 10.2. The molecule has 0 aliphatic carbocycles. The van der Waals surface area contributed by atoms with Gasteiger partial charge in [0, 0.05) is 16.4 Å². The molecule has 3 nitrogen and oxygen atoms in total. The van der Waals surface area contributed by atoms with Crippen LogP contribution in [0.15, 0.2) is 42.5 Å². The average Bonchev–Trinajstić information content (AvgIpc) is 2.35. The molecular weight excluding hydrogens is 286 g/mol. The molecule has 20 heavy (non-hydrogen) atoms. The maximum absolute atomic E-state index is 13.1. The summed E-state index contributed by atoms with van der Waals surface area (Å²) in [6.45, 7) is -0.0870. The molecular formula is C14H11ClF2N2O. The second kappa shape index (κ2) is 6.34. The van der Waals surface area contributed by atoms with Crippen LogP contribution in [0.3, 0.4) is 0 Å². The molecule has 0 saturated carbocycles. The Balaban J connectivity index is 1.92. The van der Waals surface area contributed by atoms with Crippen molar-refractivity contribution in [3.05, 3.63) is 59.1 Å². The third kappa shape index (κ3) is 4.20. The van der Waals surface area contributed by atoms with E-state index in [1.165, 1.54) is 36.4 Å². The van der Waals surface area contributed by atoms with Gasteiger partial charge in [-0.25, -0.2) is 8.78 Å². The first kappa shape index (κ1) is 14.3. The summed E-state index contributed by atoms with van der Waals surface area (Å²) in [4.78, 5) is 11.6. The molecule has 1 amide bonds. The van der Waals surface area contributed by atoms with E-state index in [0.717, 1.165) is 0 Å². The summed E-state index contributed by atoms with van der Waals surface area (Å²) in [7, 11) is 0. The lowest BCUT2D eigenvalue weighted by molar-refractivity contribution is -0.114. The van der Waals surface area contributed by atoms with E-state index in [9.17, 15) is 13.6 Å². The number of nitrogens with one attached hydrogen (secondary N) is 2. The van der Waals surface area contributed by atoms with E-state index in [1.54, 1.807) is 6.07 Å². The summed E-state index contributed by atoms with van der Waals surface area (Å²) in [6.07, 6.45) is 0. The fourth-order valence-corrected chi connectivity index (χ4v) is 1.83. The van der Waals surface area contributed by atoms with Crippen molar-refractivity contribution in [2.75, 3.05) is 17.2 Å². The van der Waals surface area contributed by atoms with Gasteiger partial charge in [-0.05, 0) is 36.4 Å². The molecule has 0 aliphatic heterocycles. The molecule has 6 heteroatoms. The highest BCUT2D eigenvalue weighted by Crippen LogP contribution is 2.17. The SMILES string of the molecule is O=C(CNc1cc(F)cc(Cl)c1)Nc1cccc(F)c1. The first-order valence-corrected chi connectivity index (χ1v) is 6.16. The average molecular weight is 297 g/mol.